The molecule has 0 saturated carbocycles. The number of nitrogens with one attached hydrogen (secondary N) is 1. The zero-order valence-corrected chi connectivity index (χ0v) is 15.9. The summed E-state index contributed by atoms with van der Waals surface area (Å²) in [6.07, 6.45) is 2.84. The van der Waals surface area contributed by atoms with Crippen LogP contribution in [-0.4, -0.2) is 68.9 Å². The van der Waals surface area contributed by atoms with E-state index in [4.69, 9.17) is 0 Å². The molecule has 1 fully saturated rings. The number of hydrogen-bond acceptors (Lipinski definition) is 7. The number of anilines is 1. The summed E-state index contributed by atoms with van der Waals surface area (Å²) < 4.78 is 1.92. The van der Waals surface area contributed by atoms with Crippen LogP contribution >= 0.6 is 0 Å². The Balaban J connectivity index is 1.72. The van der Waals surface area contributed by atoms with Gasteiger partial charge in [0.15, 0.2) is 6.33 Å². The van der Waals surface area contributed by atoms with Gasteiger partial charge in [-0.25, -0.2) is 5.43 Å². The fourth-order valence-corrected chi connectivity index (χ4v) is 3.44. The number of nitrogens with zero attached hydrogens (tertiary/aromatic N) is 7. The molecule has 0 radical (unpaired) electrons. The highest BCUT2D eigenvalue weighted by atomic mass is 16.2. The Bertz CT molecular complexity index is 1050. The highest BCUT2D eigenvalue weighted by Gasteiger charge is 2.18. The molecule has 0 spiro atoms. The summed E-state index contributed by atoms with van der Waals surface area (Å²) in [4.78, 5) is 31.2. The number of piperazine rings is 1. The quantitative estimate of drug-likeness (QED) is 0.685. The average Bonchev–Trinajstić information content (AvgIpc) is 3.21. The molecule has 3 aromatic rings. The van der Waals surface area contributed by atoms with Crippen molar-refractivity contribution in [2.45, 2.75) is 13.5 Å². The highest BCUT2D eigenvalue weighted by Crippen LogP contribution is 2.22. The van der Waals surface area contributed by atoms with Gasteiger partial charge in [-0.05, 0) is 42.6 Å². The molecule has 3 heterocycles. The summed E-state index contributed by atoms with van der Waals surface area (Å²) >= 11 is 0. The smallest absolute Gasteiger partial charge is 0.276 e. The Hall–Kier alpha value is -3.27. The largest absolute Gasteiger partial charge is 0.369 e. The molecule has 1 aromatic carbocycles. The number of pyridine rings is 1. The van der Waals surface area contributed by atoms with E-state index in [1.54, 1.807) is 6.20 Å². The van der Waals surface area contributed by atoms with Gasteiger partial charge in [-0.15, -0.1) is 9.89 Å². The average molecular weight is 382 g/mol. The summed E-state index contributed by atoms with van der Waals surface area (Å²) in [5.74, 6) is -0.551. The van der Waals surface area contributed by atoms with E-state index in [0.29, 0.717) is 11.9 Å². The minimum absolute atomic E-state index is 0.0530. The molecular formula is C18H22N8O2. The maximum atomic E-state index is 12.9. The van der Waals surface area contributed by atoms with Crippen LogP contribution in [0.5, 0.6) is 0 Å². The monoisotopic (exact) mass is 382 g/mol. The molecule has 0 atom stereocenters. The first-order valence-electron chi connectivity index (χ1n) is 9.22. The predicted octanol–water partition coefficient (Wildman–Crippen LogP) is 0.144. The molecule has 0 bridgehead atoms. The maximum absolute atomic E-state index is 12.9. The van der Waals surface area contributed by atoms with E-state index in [-0.39, 0.29) is 11.0 Å². The van der Waals surface area contributed by atoms with Crippen molar-refractivity contribution in [2.75, 3.05) is 43.6 Å². The van der Waals surface area contributed by atoms with Crippen LogP contribution in [0.15, 0.2) is 35.5 Å². The second-order valence-electron chi connectivity index (χ2n) is 6.85. The lowest BCUT2D eigenvalue weighted by Crippen LogP contribution is -2.44. The number of amides is 1. The topological polar surface area (TPSA) is 101 Å². The fourth-order valence-electron chi connectivity index (χ4n) is 3.44. The number of aromatic nitrogens is 5. The van der Waals surface area contributed by atoms with Crippen molar-refractivity contribution in [1.82, 2.24) is 29.8 Å². The van der Waals surface area contributed by atoms with Gasteiger partial charge >= 0.3 is 0 Å². The van der Waals surface area contributed by atoms with Gasteiger partial charge in [0.2, 0.25) is 5.43 Å². The number of carbonyl (C=O) groups excluding carboxylic acids is 1. The van der Waals surface area contributed by atoms with Crippen molar-refractivity contribution in [3.63, 3.8) is 0 Å². The summed E-state index contributed by atoms with van der Waals surface area (Å²) in [7, 11) is 2.12. The number of hydrogen-bond donors (Lipinski definition) is 1. The third-order valence-corrected chi connectivity index (χ3v) is 5.08. The Labute approximate surface area is 161 Å². The van der Waals surface area contributed by atoms with Crippen LogP contribution in [-0.2, 0) is 6.54 Å². The van der Waals surface area contributed by atoms with Crippen molar-refractivity contribution in [2.24, 2.45) is 0 Å². The minimum atomic E-state index is -0.551. The predicted molar refractivity (Wildman–Crippen MR) is 105 cm³/mol. The number of rotatable bonds is 4. The van der Waals surface area contributed by atoms with Gasteiger partial charge in [0.25, 0.3) is 5.91 Å². The zero-order chi connectivity index (χ0) is 19.7. The number of tetrazole rings is 1. The van der Waals surface area contributed by atoms with Crippen molar-refractivity contribution in [3.8, 4) is 0 Å². The molecule has 0 unspecified atom stereocenters. The van der Waals surface area contributed by atoms with Crippen LogP contribution in [0.25, 0.3) is 10.9 Å². The molecule has 0 aliphatic carbocycles. The maximum Gasteiger partial charge on any atom is 0.276 e. The Morgan fingerprint density at radius 1 is 1.21 bits per heavy atom. The summed E-state index contributed by atoms with van der Waals surface area (Å²) in [6, 6.07) is 5.80. The Morgan fingerprint density at radius 2 is 2.00 bits per heavy atom. The molecule has 146 valence electrons. The lowest BCUT2D eigenvalue weighted by molar-refractivity contribution is 0.100. The SMILES string of the molecule is CCn1cc(C(=O)Nn2cnnn2)c(=O)c2ccc(N3CCN(C)CC3)cc21. The molecule has 1 aliphatic rings. The third kappa shape index (κ3) is 3.33. The van der Waals surface area contributed by atoms with E-state index in [9.17, 15) is 9.59 Å². The Kier molecular flexibility index (Phi) is 4.78. The second kappa shape index (κ2) is 7.39. The Morgan fingerprint density at radius 3 is 2.68 bits per heavy atom. The molecule has 1 N–H and O–H groups in total. The van der Waals surface area contributed by atoms with E-state index < -0.39 is 5.91 Å². The van der Waals surface area contributed by atoms with E-state index in [1.807, 2.05) is 29.7 Å². The van der Waals surface area contributed by atoms with Crippen LogP contribution < -0.4 is 15.8 Å². The van der Waals surface area contributed by atoms with Crippen molar-refractivity contribution in [1.29, 1.82) is 0 Å². The van der Waals surface area contributed by atoms with Gasteiger partial charge in [-0.1, -0.05) is 0 Å². The van der Waals surface area contributed by atoms with Crippen LogP contribution in [0.3, 0.4) is 0 Å². The number of aryl methyl sites for hydroxylation is 1. The summed E-state index contributed by atoms with van der Waals surface area (Å²) in [5, 5.41) is 11.0. The van der Waals surface area contributed by atoms with Gasteiger partial charge in [-0.3, -0.25) is 9.59 Å². The van der Waals surface area contributed by atoms with Gasteiger partial charge in [0.05, 0.1) is 5.52 Å². The van der Waals surface area contributed by atoms with Crippen molar-refractivity contribution < 1.29 is 4.79 Å². The van der Waals surface area contributed by atoms with Gasteiger partial charge < -0.3 is 14.4 Å². The molecule has 10 heteroatoms. The third-order valence-electron chi connectivity index (χ3n) is 5.08. The normalized spacial score (nSPS) is 15.1. The number of fused-ring (bicyclic) bond motifs is 1. The molecule has 1 amide bonds. The molecule has 1 saturated heterocycles. The van der Waals surface area contributed by atoms with Gasteiger partial charge in [0.1, 0.15) is 5.56 Å². The van der Waals surface area contributed by atoms with Crippen LogP contribution in [0.1, 0.15) is 17.3 Å². The minimum Gasteiger partial charge on any atom is -0.369 e. The lowest BCUT2D eigenvalue weighted by Gasteiger charge is -2.34. The van der Waals surface area contributed by atoms with Crippen molar-refractivity contribution in [3.05, 3.63) is 46.5 Å². The number of carbonyl (C=O) groups is 1. The molecule has 1 aliphatic heterocycles. The fraction of sp³-hybridized carbons (Fsp3) is 0.389. The number of benzene rings is 1. The first kappa shape index (κ1) is 18.1. The molecular weight excluding hydrogens is 360 g/mol. The van der Waals surface area contributed by atoms with E-state index in [1.165, 1.54) is 6.33 Å². The number of likely N-dealkylation sites (N-methyl/N-ethyl adjacent to an activating group) is 1. The van der Waals surface area contributed by atoms with Crippen LogP contribution in [0.2, 0.25) is 0 Å². The van der Waals surface area contributed by atoms with Gasteiger partial charge in [-0.2, -0.15) is 0 Å². The van der Waals surface area contributed by atoms with E-state index in [2.05, 4.69) is 37.8 Å². The molecule has 2 aromatic heterocycles. The standard InChI is InChI=1S/C18H22N8O2/c1-3-24-11-15(18(28)20-26-12-19-21-22-26)17(27)14-5-4-13(10-16(14)24)25-8-6-23(2)7-9-25/h4-5,10-12H,3,6-9H2,1-2H3,(H,20,28). The summed E-state index contributed by atoms with van der Waals surface area (Å²) in [5.41, 5.74) is 4.13. The first-order chi connectivity index (χ1) is 13.6. The highest BCUT2D eigenvalue weighted by molar-refractivity contribution is 6.02. The van der Waals surface area contributed by atoms with Crippen molar-refractivity contribution >= 4 is 22.5 Å². The molecule has 10 nitrogen and oxygen atoms in total. The molecule has 4 rings (SSSR count). The first-order valence-corrected chi connectivity index (χ1v) is 9.22. The second-order valence-corrected chi connectivity index (χ2v) is 6.85. The zero-order valence-electron chi connectivity index (χ0n) is 15.9. The lowest BCUT2D eigenvalue weighted by atomic mass is 10.1. The van der Waals surface area contributed by atoms with Crippen LogP contribution in [0.4, 0.5) is 5.69 Å². The van der Waals surface area contributed by atoms with Gasteiger partial charge in [0, 0.05) is 50.0 Å². The van der Waals surface area contributed by atoms with E-state index in [0.717, 1.165) is 42.2 Å². The molecule has 28 heavy (non-hydrogen) atoms. The van der Waals surface area contributed by atoms with Crippen LogP contribution in [0, 0.1) is 0 Å². The van der Waals surface area contributed by atoms with E-state index >= 15 is 0 Å². The summed E-state index contributed by atoms with van der Waals surface area (Å²) in [6.45, 7) is 6.53.